The highest BCUT2D eigenvalue weighted by molar-refractivity contribution is 5.18. The first-order valence-electron chi connectivity index (χ1n) is 5.72. The number of nitrogens with one attached hydrogen (secondary N) is 1. The molecule has 1 aromatic rings. The molecule has 0 bridgehead atoms. The minimum atomic E-state index is -0.414. The Morgan fingerprint density at radius 2 is 1.93 bits per heavy atom. The topological polar surface area (TPSA) is 32.3 Å². The van der Waals surface area contributed by atoms with Crippen LogP contribution in [0.3, 0.4) is 0 Å². The third-order valence-corrected chi connectivity index (χ3v) is 2.61. The number of unbranched alkanes of at least 4 members (excludes halogenated alkanes) is 1. The van der Waals surface area contributed by atoms with Gasteiger partial charge in [0.2, 0.25) is 0 Å². The van der Waals surface area contributed by atoms with Gasteiger partial charge in [-0.1, -0.05) is 43.7 Å². The van der Waals surface area contributed by atoms with Crippen LogP contribution in [0.1, 0.15) is 38.4 Å². The fourth-order valence-electron chi connectivity index (χ4n) is 1.56. The lowest BCUT2D eigenvalue weighted by Gasteiger charge is -2.20. The number of hydrogen-bond acceptors (Lipinski definition) is 2. The van der Waals surface area contributed by atoms with Crippen molar-refractivity contribution in [2.45, 2.75) is 38.8 Å². The highest BCUT2D eigenvalue weighted by Gasteiger charge is 2.14. The van der Waals surface area contributed by atoms with Gasteiger partial charge in [-0.25, -0.2) is 0 Å². The van der Waals surface area contributed by atoms with Gasteiger partial charge < -0.3 is 10.4 Å². The van der Waals surface area contributed by atoms with Crippen molar-refractivity contribution in [3.05, 3.63) is 35.9 Å². The summed E-state index contributed by atoms with van der Waals surface area (Å²) >= 11 is 0. The SMILES string of the molecule is CCCCN[C@H](C)[C@@H](O)c1ccccc1. The van der Waals surface area contributed by atoms with Gasteiger partial charge in [0.15, 0.2) is 0 Å². The molecule has 1 rings (SSSR count). The molecule has 0 aliphatic heterocycles. The number of aliphatic hydroxyl groups is 1. The first kappa shape index (κ1) is 12.2. The van der Waals surface area contributed by atoms with E-state index in [-0.39, 0.29) is 6.04 Å². The lowest BCUT2D eigenvalue weighted by molar-refractivity contribution is 0.136. The Labute approximate surface area is 92.3 Å². The number of hydrogen-bond donors (Lipinski definition) is 2. The summed E-state index contributed by atoms with van der Waals surface area (Å²) in [6.07, 6.45) is 1.93. The zero-order valence-electron chi connectivity index (χ0n) is 9.61. The monoisotopic (exact) mass is 207 g/mol. The minimum absolute atomic E-state index is 0.110. The van der Waals surface area contributed by atoms with Crippen molar-refractivity contribution in [1.29, 1.82) is 0 Å². The minimum Gasteiger partial charge on any atom is -0.387 e. The van der Waals surface area contributed by atoms with Crippen molar-refractivity contribution < 1.29 is 5.11 Å². The molecule has 84 valence electrons. The van der Waals surface area contributed by atoms with E-state index >= 15 is 0 Å². The molecule has 0 fully saturated rings. The van der Waals surface area contributed by atoms with Crippen LogP contribution < -0.4 is 5.32 Å². The fourth-order valence-corrected chi connectivity index (χ4v) is 1.56. The molecule has 2 atom stereocenters. The van der Waals surface area contributed by atoms with E-state index in [1.54, 1.807) is 0 Å². The lowest BCUT2D eigenvalue weighted by atomic mass is 10.0. The van der Waals surface area contributed by atoms with Crippen molar-refractivity contribution in [2.75, 3.05) is 6.54 Å². The third-order valence-electron chi connectivity index (χ3n) is 2.61. The molecule has 0 amide bonds. The summed E-state index contributed by atoms with van der Waals surface area (Å²) in [4.78, 5) is 0. The maximum Gasteiger partial charge on any atom is 0.0940 e. The van der Waals surface area contributed by atoms with Crippen LogP contribution in [0.4, 0.5) is 0 Å². The molecule has 0 heterocycles. The van der Waals surface area contributed by atoms with Crippen molar-refractivity contribution in [2.24, 2.45) is 0 Å². The number of benzene rings is 1. The molecule has 15 heavy (non-hydrogen) atoms. The summed E-state index contributed by atoms with van der Waals surface area (Å²) in [7, 11) is 0. The second kappa shape index (κ2) is 6.59. The van der Waals surface area contributed by atoms with E-state index < -0.39 is 6.10 Å². The van der Waals surface area contributed by atoms with Crippen LogP contribution in [0.2, 0.25) is 0 Å². The molecule has 0 aliphatic carbocycles. The summed E-state index contributed by atoms with van der Waals surface area (Å²) < 4.78 is 0. The first-order chi connectivity index (χ1) is 7.25. The Hall–Kier alpha value is -0.860. The van der Waals surface area contributed by atoms with Crippen LogP contribution in [0.5, 0.6) is 0 Å². The molecule has 2 nitrogen and oxygen atoms in total. The molecule has 0 radical (unpaired) electrons. The maximum atomic E-state index is 10.0. The normalized spacial score (nSPS) is 14.9. The Morgan fingerprint density at radius 3 is 2.53 bits per heavy atom. The third kappa shape index (κ3) is 4.02. The van der Waals surface area contributed by atoms with E-state index in [1.807, 2.05) is 37.3 Å². The van der Waals surface area contributed by atoms with E-state index in [0.717, 1.165) is 18.5 Å². The number of rotatable bonds is 6. The van der Waals surface area contributed by atoms with Crippen LogP contribution in [-0.2, 0) is 0 Å². The zero-order valence-corrected chi connectivity index (χ0v) is 9.61. The molecule has 0 unspecified atom stereocenters. The van der Waals surface area contributed by atoms with Gasteiger partial charge in [0, 0.05) is 6.04 Å². The quantitative estimate of drug-likeness (QED) is 0.702. The lowest BCUT2D eigenvalue weighted by Crippen LogP contribution is -2.32. The maximum absolute atomic E-state index is 10.0. The molecule has 0 spiro atoms. The van der Waals surface area contributed by atoms with Gasteiger partial charge in [0.25, 0.3) is 0 Å². The Kier molecular flexibility index (Phi) is 5.37. The predicted octanol–water partition coefficient (Wildman–Crippen LogP) is 2.50. The van der Waals surface area contributed by atoms with E-state index in [2.05, 4.69) is 12.2 Å². The van der Waals surface area contributed by atoms with Crippen molar-refractivity contribution in [1.82, 2.24) is 5.32 Å². The Balaban J connectivity index is 2.42. The molecule has 0 aromatic heterocycles. The standard InChI is InChI=1S/C13H21NO/c1-3-4-10-14-11(2)13(15)12-8-6-5-7-9-12/h5-9,11,13-15H,3-4,10H2,1-2H3/t11-,13-/m1/s1. The summed E-state index contributed by atoms with van der Waals surface area (Å²) in [6.45, 7) is 5.16. The number of aliphatic hydroxyl groups excluding tert-OH is 1. The van der Waals surface area contributed by atoms with E-state index in [4.69, 9.17) is 0 Å². The molecule has 2 heteroatoms. The average molecular weight is 207 g/mol. The van der Waals surface area contributed by atoms with Crippen LogP contribution >= 0.6 is 0 Å². The van der Waals surface area contributed by atoms with E-state index in [9.17, 15) is 5.11 Å². The van der Waals surface area contributed by atoms with Gasteiger partial charge >= 0.3 is 0 Å². The largest absolute Gasteiger partial charge is 0.387 e. The summed E-state index contributed by atoms with van der Waals surface area (Å²) in [5, 5.41) is 13.4. The fraction of sp³-hybridized carbons (Fsp3) is 0.538. The van der Waals surface area contributed by atoms with Crippen LogP contribution in [0.15, 0.2) is 30.3 Å². The second-order valence-electron chi connectivity index (χ2n) is 3.95. The van der Waals surface area contributed by atoms with Crippen molar-refractivity contribution in [3.63, 3.8) is 0 Å². The first-order valence-corrected chi connectivity index (χ1v) is 5.72. The molecule has 0 saturated carbocycles. The highest BCUT2D eigenvalue weighted by atomic mass is 16.3. The Bertz CT molecular complexity index is 260. The highest BCUT2D eigenvalue weighted by Crippen LogP contribution is 2.15. The van der Waals surface area contributed by atoms with Gasteiger partial charge in [0.05, 0.1) is 6.10 Å². The van der Waals surface area contributed by atoms with Gasteiger partial charge in [-0.15, -0.1) is 0 Å². The van der Waals surface area contributed by atoms with Crippen molar-refractivity contribution in [3.8, 4) is 0 Å². The smallest absolute Gasteiger partial charge is 0.0940 e. The Morgan fingerprint density at radius 1 is 1.27 bits per heavy atom. The van der Waals surface area contributed by atoms with Gasteiger partial charge in [-0.2, -0.15) is 0 Å². The van der Waals surface area contributed by atoms with Crippen molar-refractivity contribution >= 4 is 0 Å². The molecule has 0 saturated heterocycles. The molecular weight excluding hydrogens is 186 g/mol. The summed E-state index contributed by atoms with van der Waals surface area (Å²) in [6, 6.07) is 9.91. The van der Waals surface area contributed by atoms with Gasteiger partial charge in [0.1, 0.15) is 0 Å². The predicted molar refractivity (Wildman–Crippen MR) is 63.8 cm³/mol. The van der Waals surface area contributed by atoms with Gasteiger partial charge in [-0.05, 0) is 25.5 Å². The average Bonchev–Trinajstić information content (AvgIpc) is 2.29. The van der Waals surface area contributed by atoms with Crippen LogP contribution in [0, 0.1) is 0 Å². The van der Waals surface area contributed by atoms with Crippen LogP contribution in [-0.4, -0.2) is 17.7 Å². The summed E-state index contributed by atoms with van der Waals surface area (Å²) in [5.41, 5.74) is 0.981. The zero-order chi connectivity index (χ0) is 11.1. The molecule has 1 aromatic carbocycles. The van der Waals surface area contributed by atoms with E-state index in [0.29, 0.717) is 0 Å². The molecule has 2 N–H and O–H groups in total. The second-order valence-corrected chi connectivity index (χ2v) is 3.95. The van der Waals surface area contributed by atoms with E-state index in [1.165, 1.54) is 6.42 Å². The van der Waals surface area contributed by atoms with Crippen LogP contribution in [0.25, 0.3) is 0 Å². The van der Waals surface area contributed by atoms with Gasteiger partial charge in [-0.3, -0.25) is 0 Å². The molecular formula is C13H21NO. The molecule has 0 aliphatic rings. The summed E-state index contributed by atoms with van der Waals surface area (Å²) in [5.74, 6) is 0.